The van der Waals surface area contributed by atoms with E-state index in [1.165, 1.54) is 0 Å². The molecule has 99 heavy (non-hydrogen) atoms. The minimum atomic E-state index is -4.29. The van der Waals surface area contributed by atoms with Crippen LogP contribution in [0.2, 0.25) is 48.4 Å². The molecule has 0 aliphatic heterocycles. The number of rotatable bonds is 72. The zero-order valence-electron chi connectivity index (χ0n) is 68.8. The third-order valence-electron chi connectivity index (χ3n) is 20.1. The Morgan fingerprint density at radius 3 is 0.333 bits per heavy atom. The summed E-state index contributed by atoms with van der Waals surface area (Å²) >= 11 is 0. The molecule has 0 aromatic heterocycles. The minimum absolute atomic E-state index is 0.360. The number of hydrogen-bond acceptors (Lipinski definition) is 25. The van der Waals surface area contributed by atoms with Gasteiger partial charge in [-0.25, -0.2) is 0 Å². The molecule has 33 heteroatoms. The molecule has 0 saturated heterocycles. The fourth-order valence-electron chi connectivity index (χ4n) is 12.8. The molecule has 596 valence electrons. The largest absolute Gasteiger partial charge is 0.493 e. The molecule has 0 spiro atoms. The van der Waals surface area contributed by atoms with Gasteiger partial charge in [-0.05, 0) is 208 Å². The summed E-state index contributed by atoms with van der Waals surface area (Å²) in [5, 5.41) is 0. The monoisotopic (exact) mass is 1560 g/mol. The lowest BCUT2D eigenvalue weighted by atomic mass is 10.4. The Morgan fingerprint density at radius 2 is 0.242 bits per heavy atom. The van der Waals surface area contributed by atoms with Gasteiger partial charge in [0.2, 0.25) is 0 Å². The van der Waals surface area contributed by atoms with E-state index in [1.54, 1.807) is 71.1 Å². The summed E-state index contributed by atoms with van der Waals surface area (Å²) in [4.78, 5) is 19.3. The Morgan fingerprint density at radius 1 is 0.152 bits per heavy atom. The molecule has 0 N–H and O–H groups in total. The highest BCUT2D eigenvalue weighted by atomic mass is 28.5. The van der Waals surface area contributed by atoms with E-state index in [-0.39, 0.29) is 0 Å². The molecule has 0 radical (unpaired) electrons. The Bertz CT molecular complexity index is 1780. The minimum Gasteiger partial charge on any atom is -0.378 e. The lowest BCUT2D eigenvalue weighted by molar-refractivity contribution is 0.0466. The van der Waals surface area contributed by atoms with Crippen molar-refractivity contribution < 1.29 is 73.1 Å². The summed E-state index contributed by atoms with van der Waals surface area (Å²) in [6, 6.07) is 3.45. The van der Waals surface area contributed by atoms with Gasteiger partial charge in [0, 0.05) is 119 Å². The second kappa shape index (κ2) is 56.0. The summed E-state index contributed by atoms with van der Waals surface area (Å²) in [6.07, 6.45) is 5.61. The van der Waals surface area contributed by atoms with Gasteiger partial charge in [-0.1, -0.05) is 111 Å². The highest BCUT2D eigenvalue weighted by molar-refractivity contribution is 6.88. The van der Waals surface area contributed by atoms with Crippen molar-refractivity contribution in [3.05, 3.63) is 0 Å². The zero-order chi connectivity index (χ0) is 74.9. The van der Waals surface area contributed by atoms with Crippen LogP contribution in [0.1, 0.15) is 162 Å². The predicted molar refractivity (Wildman–Crippen MR) is 421 cm³/mol. The lowest BCUT2D eigenvalue weighted by Crippen LogP contribution is -2.70. The maximum absolute atomic E-state index is 8.18. The standard InChI is InChI=1S/C66H158N8O17Si8/c1-27-67(28-2)51-43-59-92(75-17,76-18)85-94(79-21,61-45-53-69(31-5)32-6)87-96(81-23,63-47-55-71(35-9)36-10)89-98(83-25,65-49-57-73(39-13)40-14)91-99(84-26,66-50-58-74(41-15)42-16)90-97(82-24,64-48-56-72(37-11)38-12)88-95(80-22,62-46-54-70(33-7)34-8)86-93(77-19,78-20)60-44-52-68(29-3)30-4/h27-66H2,1-26H3. The van der Waals surface area contributed by atoms with E-state index in [0.717, 1.165) is 170 Å². The smallest absolute Gasteiger partial charge is 0.378 e. The highest BCUT2D eigenvalue weighted by Gasteiger charge is 2.66. The molecular formula is C66H158N8O17Si8. The Hall–Kier alpha value is 0.735. The maximum atomic E-state index is 8.18. The van der Waals surface area contributed by atoms with Gasteiger partial charge in [-0.2, -0.15) is 0 Å². The van der Waals surface area contributed by atoms with E-state index in [4.69, 9.17) is 73.1 Å². The average Bonchev–Trinajstić information content (AvgIpc) is 0.769. The van der Waals surface area contributed by atoms with Crippen molar-refractivity contribution in [2.45, 2.75) is 210 Å². The van der Waals surface area contributed by atoms with E-state index in [1.807, 2.05) is 0 Å². The van der Waals surface area contributed by atoms with Crippen LogP contribution in [-0.2, 0) is 73.1 Å². The summed E-state index contributed by atoms with van der Waals surface area (Å²) in [7, 11) is -15.1. The number of nitrogens with zero attached hydrogens (tertiary/aromatic N) is 8. The predicted octanol–water partition coefficient (Wildman–Crippen LogP) is 10.9. The fraction of sp³-hybridized carbons (Fsp3) is 1.00. The van der Waals surface area contributed by atoms with E-state index in [9.17, 15) is 0 Å². The van der Waals surface area contributed by atoms with Crippen molar-refractivity contribution in [1.82, 2.24) is 39.2 Å². The molecule has 0 aromatic carbocycles. The second-order valence-corrected chi connectivity index (χ2v) is 50.0. The van der Waals surface area contributed by atoms with E-state index in [0.29, 0.717) is 86.9 Å². The molecule has 0 aliphatic rings. The van der Waals surface area contributed by atoms with Crippen LogP contribution in [0.25, 0.3) is 0 Å². The van der Waals surface area contributed by atoms with Gasteiger partial charge < -0.3 is 112 Å². The van der Waals surface area contributed by atoms with Crippen molar-refractivity contribution in [3.8, 4) is 0 Å². The van der Waals surface area contributed by atoms with Gasteiger partial charge in [-0.15, -0.1) is 0 Å². The van der Waals surface area contributed by atoms with Gasteiger partial charge in [0.15, 0.2) is 0 Å². The van der Waals surface area contributed by atoms with Crippen LogP contribution in [-0.4, -0.2) is 338 Å². The first-order valence-electron chi connectivity index (χ1n) is 38.7. The first-order valence-corrected chi connectivity index (χ1v) is 54.2. The van der Waals surface area contributed by atoms with Gasteiger partial charge >= 0.3 is 70.4 Å². The first-order chi connectivity index (χ1) is 47.5. The van der Waals surface area contributed by atoms with Gasteiger partial charge in [0.05, 0.1) is 0 Å². The van der Waals surface area contributed by atoms with Crippen molar-refractivity contribution in [1.29, 1.82) is 0 Å². The van der Waals surface area contributed by atoms with E-state index < -0.39 is 70.4 Å². The number of hydrogen-bond donors (Lipinski definition) is 0. The van der Waals surface area contributed by atoms with Gasteiger partial charge in [0.25, 0.3) is 0 Å². The van der Waals surface area contributed by atoms with E-state index >= 15 is 0 Å². The van der Waals surface area contributed by atoms with Crippen molar-refractivity contribution in [2.75, 3.05) is 228 Å². The molecule has 0 aliphatic carbocycles. The molecule has 0 bridgehead atoms. The topological polar surface area (TPSA) is 183 Å². The molecule has 0 fully saturated rings. The lowest BCUT2D eigenvalue weighted by Gasteiger charge is -2.47. The normalized spacial score (nSPS) is 16.7. The Kier molecular flexibility index (Phi) is 56.5. The molecule has 25 nitrogen and oxygen atoms in total. The Balaban J connectivity index is 9.70. The summed E-state index contributed by atoms with van der Waals surface area (Å²) < 4.78 is 124. The van der Waals surface area contributed by atoms with Crippen molar-refractivity contribution in [2.24, 2.45) is 0 Å². The van der Waals surface area contributed by atoms with Crippen molar-refractivity contribution >= 4 is 70.4 Å². The molecular weight excluding hydrogens is 1400 g/mol. The van der Waals surface area contributed by atoms with Gasteiger partial charge in [0.1, 0.15) is 0 Å². The van der Waals surface area contributed by atoms with Crippen molar-refractivity contribution in [3.63, 3.8) is 0 Å². The zero-order valence-corrected chi connectivity index (χ0v) is 76.8. The molecule has 0 saturated carbocycles. The highest BCUT2D eigenvalue weighted by Crippen LogP contribution is 2.40. The first kappa shape index (κ1) is 99.7. The second-order valence-electron chi connectivity index (χ2n) is 25.3. The van der Waals surface area contributed by atoms with Crippen LogP contribution in [0.15, 0.2) is 0 Å². The van der Waals surface area contributed by atoms with E-state index in [2.05, 4.69) is 150 Å². The van der Waals surface area contributed by atoms with Crippen LogP contribution in [0.4, 0.5) is 0 Å². The SMILES string of the molecule is CCN(CC)CCC[Si](OC)(OC)O[Si](CCCN(CC)CC)(OC)O[Si](CCCN(CC)CC)(OC)O[Si](CCCN(CC)CC)(OC)O[Si](CCCN(CC)CC)(OC)O[Si](CCCN(CC)CC)(OC)O[Si](CCCN(CC)CC)(OC)O[Si](CCCN(CC)CC)(OC)OC. The van der Waals surface area contributed by atoms with Crippen LogP contribution >= 0.6 is 0 Å². The van der Waals surface area contributed by atoms with Crippen LogP contribution < -0.4 is 0 Å². The molecule has 0 heterocycles. The van der Waals surface area contributed by atoms with Crippen LogP contribution in [0, 0.1) is 0 Å². The quantitative estimate of drug-likeness (QED) is 0.0524. The average molecular weight is 1560 g/mol. The third-order valence-corrected chi connectivity index (χ3v) is 51.5. The van der Waals surface area contributed by atoms with Crippen LogP contribution in [0.3, 0.4) is 0 Å². The molecule has 0 amide bonds. The molecule has 6 unspecified atom stereocenters. The molecule has 0 rings (SSSR count). The summed E-state index contributed by atoms with van der Waals surface area (Å²) in [5.74, 6) is 0. The maximum Gasteiger partial charge on any atom is 0.493 e. The summed E-state index contributed by atoms with van der Waals surface area (Å²) in [5.41, 5.74) is 0. The fourth-order valence-corrected chi connectivity index (χ4v) is 47.5. The third kappa shape index (κ3) is 35.8. The Labute approximate surface area is 617 Å². The molecule has 0 aromatic rings. The van der Waals surface area contributed by atoms with Crippen LogP contribution in [0.5, 0.6) is 0 Å². The summed E-state index contributed by atoms with van der Waals surface area (Å²) in [6.45, 7) is 55.7. The van der Waals surface area contributed by atoms with Gasteiger partial charge in [-0.3, -0.25) is 0 Å². The molecule has 6 atom stereocenters.